The molecule has 6 heteroatoms. The summed E-state index contributed by atoms with van der Waals surface area (Å²) in [5.41, 5.74) is -0.139. The van der Waals surface area contributed by atoms with Crippen molar-refractivity contribution in [2.75, 3.05) is 0 Å². The summed E-state index contributed by atoms with van der Waals surface area (Å²) in [5.74, 6) is -0.851. The first kappa shape index (κ1) is 20.0. The first-order chi connectivity index (χ1) is 12.7. The van der Waals surface area contributed by atoms with Crippen LogP contribution in [0.3, 0.4) is 0 Å². The fourth-order valence-corrected chi connectivity index (χ4v) is 2.58. The standard InChI is InChI=1S/C21H23NO5/c1-4-13(2)11-14(3)5-10-18(24)19-20(25)17(12-22(27)21(19)26)15-6-8-16(23)9-7-15/h5-13,23,25,27H,4H2,1-3H3. The molecule has 0 fully saturated rings. The lowest BCUT2D eigenvalue weighted by Crippen LogP contribution is -2.24. The molecule has 27 heavy (non-hydrogen) atoms. The van der Waals surface area contributed by atoms with Gasteiger partial charge in [-0.05, 0) is 36.6 Å². The van der Waals surface area contributed by atoms with E-state index in [0.717, 1.165) is 18.2 Å². The Kier molecular flexibility index (Phi) is 6.23. The number of rotatable bonds is 6. The number of carbonyl (C=O) groups is 1. The van der Waals surface area contributed by atoms with Crippen molar-refractivity contribution in [1.82, 2.24) is 4.73 Å². The molecule has 0 bridgehead atoms. The summed E-state index contributed by atoms with van der Waals surface area (Å²) in [6, 6.07) is 5.79. The van der Waals surface area contributed by atoms with Gasteiger partial charge >= 0.3 is 0 Å². The second-order valence-corrected chi connectivity index (χ2v) is 6.46. The van der Waals surface area contributed by atoms with Gasteiger partial charge < -0.3 is 15.4 Å². The van der Waals surface area contributed by atoms with Crippen LogP contribution in [0.15, 0.2) is 59.1 Å². The predicted molar refractivity (Wildman–Crippen MR) is 103 cm³/mol. The van der Waals surface area contributed by atoms with Gasteiger partial charge in [-0.15, -0.1) is 0 Å². The Bertz CT molecular complexity index is 952. The molecule has 1 unspecified atom stereocenters. The summed E-state index contributed by atoms with van der Waals surface area (Å²) in [4.78, 5) is 24.7. The number of hydrogen-bond acceptors (Lipinski definition) is 5. The monoisotopic (exact) mass is 369 g/mol. The van der Waals surface area contributed by atoms with Crippen molar-refractivity contribution in [1.29, 1.82) is 0 Å². The average Bonchev–Trinajstić information content (AvgIpc) is 2.64. The van der Waals surface area contributed by atoms with E-state index in [1.165, 1.54) is 30.3 Å². The summed E-state index contributed by atoms with van der Waals surface area (Å²) >= 11 is 0. The van der Waals surface area contributed by atoms with Gasteiger partial charge in [-0.1, -0.05) is 50.1 Å². The molecule has 0 saturated carbocycles. The van der Waals surface area contributed by atoms with Gasteiger partial charge in [0, 0.05) is 5.56 Å². The van der Waals surface area contributed by atoms with E-state index in [9.17, 15) is 25.0 Å². The molecule has 6 nitrogen and oxygen atoms in total. The molecule has 0 aliphatic heterocycles. The molecule has 2 aromatic rings. The van der Waals surface area contributed by atoms with Crippen LogP contribution in [-0.4, -0.2) is 25.9 Å². The SMILES string of the molecule is CCC(C)C=C(C)C=CC(=O)c1c(O)c(-c2ccc(O)cc2)cn(O)c1=O. The molecule has 0 aliphatic rings. The van der Waals surface area contributed by atoms with E-state index in [1.807, 2.05) is 13.0 Å². The highest BCUT2D eigenvalue weighted by Crippen LogP contribution is 2.31. The Morgan fingerprint density at radius 2 is 1.81 bits per heavy atom. The van der Waals surface area contributed by atoms with E-state index in [4.69, 9.17) is 0 Å². The lowest BCUT2D eigenvalue weighted by molar-refractivity contribution is 0.103. The van der Waals surface area contributed by atoms with Gasteiger partial charge in [0.25, 0.3) is 5.56 Å². The van der Waals surface area contributed by atoms with Crippen LogP contribution in [0.1, 0.15) is 37.6 Å². The Hall–Kier alpha value is -3.28. The third-order valence-electron chi connectivity index (χ3n) is 4.28. The molecule has 1 aromatic heterocycles. The van der Waals surface area contributed by atoms with Crippen LogP contribution in [0.5, 0.6) is 11.5 Å². The number of allylic oxidation sites excluding steroid dienone is 4. The molecule has 0 aliphatic carbocycles. The van der Waals surface area contributed by atoms with Crippen molar-refractivity contribution in [3.05, 3.63) is 70.2 Å². The largest absolute Gasteiger partial charge is 0.508 e. The number of aromatic nitrogens is 1. The van der Waals surface area contributed by atoms with Gasteiger partial charge in [-0.3, -0.25) is 9.59 Å². The lowest BCUT2D eigenvalue weighted by Gasteiger charge is -2.10. The lowest BCUT2D eigenvalue weighted by atomic mass is 10.0. The van der Waals surface area contributed by atoms with E-state index in [2.05, 4.69) is 13.8 Å². The van der Waals surface area contributed by atoms with Crippen LogP contribution in [-0.2, 0) is 0 Å². The third-order valence-corrected chi connectivity index (χ3v) is 4.28. The fraction of sp³-hybridized carbons (Fsp3) is 0.238. The third kappa shape index (κ3) is 4.67. The second kappa shape index (κ2) is 8.40. The molecule has 0 radical (unpaired) electrons. The summed E-state index contributed by atoms with van der Waals surface area (Å²) in [7, 11) is 0. The smallest absolute Gasteiger partial charge is 0.297 e. The van der Waals surface area contributed by atoms with Crippen LogP contribution in [0.2, 0.25) is 0 Å². The minimum absolute atomic E-state index is 0.0263. The van der Waals surface area contributed by atoms with Gasteiger partial charge in [0.15, 0.2) is 5.78 Å². The zero-order valence-electron chi connectivity index (χ0n) is 15.5. The number of phenolic OH excluding ortho intramolecular Hbond substituents is 1. The number of phenols is 1. The number of ketones is 1. The molecule has 0 saturated heterocycles. The quantitative estimate of drug-likeness (QED) is 0.310. The van der Waals surface area contributed by atoms with Crippen LogP contribution in [0.4, 0.5) is 0 Å². The van der Waals surface area contributed by atoms with Gasteiger partial charge in [-0.2, -0.15) is 4.73 Å². The summed E-state index contributed by atoms with van der Waals surface area (Å²) < 4.78 is 0.269. The number of nitrogens with zero attached hydrogens (tertiary/aromatic N) is 1. The van der Waals surface area contributed by atoms with Crippen molar-refractivity contribution >= 4 is 5.78 Å². The highest BCUT2D eigenvalue weighted by molar-refractivity contribution is 6.07. The zero-order chi connectivity index (χ0) is 20.1. The topological polar surface area (TPSA) is 99.8 Å². The normalized spacial score (nSPS) is 13.1. The van der Waals surface area contributed by atoms with Gasteiger partial charge in [0.1, 0.15) is 17.1 Å². The molecular formula is C21H23NO5. The van der Waals surface area contributed by atoms with E-state index in [-0.39, 0.29) is 16.0 Å². The Morgan fingerprint density at radius 1 is 1.19 bits per heavy atom. The van der Waals surface area contributed by atoms with Crippen LogP contribution < -0.4 is 5.56 Å². The van der Waals surface area contributed by atoms with E-state index < -0.39 is 22.7 Å². The highest BCUT2D eigenvalue weighted by atomic mass is 16.5. The summed E-state index contributed by atoms with van der Waals surface area (Å²) in [6.45, 7) is 5.95. The van der Waals surface area contributed by atoms with Gasteiger partial charge in [-0.25, -0.2) is 0 Å². The Balaban J connectivity index is 2.47. The molecule has 0 amide bonds. The summed E-state index contributed by atoms with van der Waals surface area (Å²) in [5, 5.41) is 29.7. The van der Waals surface area contributed by atoms with E-state index in [1.54, 1.807) is 6.08 Å². The van der Waals surface area contributed by atoms with Crippen molar-refractivity contribution in [3.8, 4) is 22.6 Å². The molecule has 142 valence electrons. The van der Waals surface area contributed by atoms with Gasteiger partial charge in [0.05, 0.1) is 6.20 Å². The number of pyridine rings is 1. The number of benzene rings is 1. The van der Waals surface area contributed by atoms with Crippen molar-refractivity contribution in [2.24, 2.45) is 5.92 Å². The summed E-state index contributed by atoms with van der Waals surface area (Å²) in [6.07, 6.45) is 6.76. The van der Waals surface area contributed by atoms with Crippen LogP contribution in [0, 0.1) is 5.92 Å². The van der Waals surface area contributed by atoms with Crippen LogP contribution in [0.25, 0.3) is 11.1 Å². The fourth-order valence-electron chi connectivity index (χ4n) is 2.58. The molecule has 1 heterocycles. The maximum atomic E-state index is 12.5. The number of hydrogen-bond donors (Lipinski definition) is 3. The molecular weight excluding hydrogens is 346 g/mol. The molecule has 2 rings (SSSR count). The molecule has 3 N–H and O–H groups in total. The second-order valence-electron chi connectivity index (χ2n) is 6.46. The number of carbonyl (C=O) groups excluding carboxylic acids is 1. The molecule has 0 spiro atoms. The van der Waals surface area contributed by atoms with Gasteiger partial charge in [0.2, 0.25) is 0 Å². The zero-order valence-corrected chi connectivity index (χ0v) is 15.5. The minimum atomic E-state index is -1.01. The minimum Gasteiger partial charge on any atom is -0.508 e. The predicted octanol–water partition coefficient (Wildman–Crippen LogP) is 3.90. The van der Waals surface area contributed by atoms with E-state index >= 15 is 0 Å². The number of aromatic hydroxyl groups is 2. The molecule has 1 aromatic carbocycles. The van der Waals surface area contributed by atoms with E-state index in [0.29, 0.717) is 11.5 Å². The maximum Gasteiger partial charge on any atom is 0.297 e. The van der Waals surface area contributed by atoms with Crippen molar-refractivity contribution < 1.29 is 20.2 Å². The first-order valence-electron chi connectivity index (χ1n) is 8.62. The highest BCUT2D eigenvalue weighted by Gasteiger charge is 2.21. The Morgan fingerprint density at radius 3 is 2.41 bits per heavy atom. The maximum absolute atomic E-state index is 12.5. The average molecular weight is 369 g/mol. The molecule has 1 atom stereocenters. The van der Waals surface area contributed by atoms with Crippen molar-refractivity contribution in [3.63, 3.8) is 0 Å². The first-order valence-corrected chi connectivity index (χ1v) is 8.62. The van der Waals surface area contributed by atoms with Crippen LogP contribution >= 0.6 is 0 Å². The Labute approximate surface area is 157 Å². The van der Waals surface area contributed by atoms with Crippen molar-refractivity contribution in [2.45, 2.75) is 27.2 Å².